The molecule has 29 heavy (non-hydrogen) atoms. The number of nitrogens with one attached hydrogen (secondary N) is 1. The number of tetrazole rings is 1. The van der Waals surface area contributed by atoms with Crippen molar-refractivity contribution in [1.82, 2.24) is 30.4 Å². The lowest BCUT2D eigenvalue weighted by Crippen LogP contribution is -2.40. The first-order chi connectivity index (χ1) is 14.0. The van der Waals surface area contributed by atoms with E-state index in [0.29, 0.717) is 17.9 Å². The molecule has 3 amide bonds. The molecule has 2 aromatic carbocycles. The molecular formula is C20H22N6O3. The van der Waals surface area contributed by atoms with Gasteiger partial charge in [0, 0.05) is 6.54 Å². The zero-order valence-corrected chi connectivity index (χ0v) is 16.5. The predicted molar refractivity (Wildman–Crippen MR) is 105 cm³/mol. The maximum absolute atomic E-state index is 13.2. The molecule has 1 aromatic heterocycles. The number of nitrogens with zero attached hydrogens (tertiary/aromatic N) is 5. The Labute approximate surface area is 167 Å². The molecule has 9 heteroatoms. The highest BCUT2D eigenvalue weighted by molar-refractivity contribution is 6.07. The van der Waals surface area contributed by atoms with E-state index in [-0.39, 0.29) is 12.5 Å². The van der Waals surface area contributed by atoms with E-state index in [4.69, 9.17) is 4.74 Å². The van der Waals surface area contributed by atoms with Crippen molar-refractivity contribution in [3.8, 4) is 5.75 Å². The summed E-state index contributed by atoms with van der Waals surface area (Å²) >= 11 is 0. The van der Waals surface area contributed by atoms with E-state index in [1.54, 1.807) is 18.7 Å². The number of urea groups is 1. The van der Waals surface area contributed by atoms with Gasteiger partial charge in [-0.25, -0.2) is 9.48 Å². The number of imide groups is 1. The Bertz CT molecular complexity index is 1090. The number of methoxy groups -OCH3 is 1. The molecule has 4 rings (SSSR count). The minimum absolute atomic E-state index is 0.0258. The molecule has 2 heterocycles. The third kappa shape index (κ3) is 3.18. The largest absolute Gasteiger partial charge is 0.497 e. The Morgan fingerprint density at radius 2 is 1.90 bits per heavy atom. The molecule has 1 fully saturated rings. The molecule has 0 saturated carbocycles. The summed E-state index contributed by atoms with van der Waals surface area (Å²) in [5.41, 5.74) is -0.446. The normalized spacial score (nSPS) is 19.1. The number of rotatable bonds is 6. The third-order valence-corrected chi connectivity index (χ3v) is 5.24. The van der Waals surface area contributed by atoms with Gasteiger partial charge in [0.2, 0.25) is 0 Å². The molecule has 150 valence electrons. The van der Waals surface area contributed by atoms with Gasteiger partial charge < -0.3 is 10.1 Å². The lowest BCUT2D eigenvalue weighted by atomic mass is 9.90. The van der Waals surface area contributed by atoms with Crippen LogP contribution in [-0.2, 0) is 23.4 Å². The molecular weight excluding hydrogens is 372 g/mol. The average molecular weight is 394 g/mol. The summed E-state index contributed by atoms with van der Waals surface area (Å²) in [6, 6.07) is 10.9. The fraction of sp³-hybridized carbons (Fsp3) is 0.350. The van der Waals surface area contributed by atoms with Gasteiger partial charge in [0.25, 0.3) is 5.91 Å². The van der Waals surface area contributed by atoms with Crippen LogP contribution in [0.2, 0.25) is 0 Å². The number of fused-ring (bicyclic) bond motifs is 1. The van der Waals surface area contributed by atoms with Gasteiger partial charge in [-0.2, -0.15) is 0 Å². The smallest absolute Gasteiger partial charge is 0.325 e. The maximum Gasteiger partial charge on any atom is 0.325 e. The summed E-state index contributed by atoms with van der Waals surface area (Å²) in [6.45, 7) is 4.37. The minimum Gasteiger partial charge on any atom is -0.497 e. The molecule has 0 unspecified atom stereocenters. The fourth-order valence-electron chi connectivity index (χ4n) is 3.56. The number of ether oxygens (including phenoxy) is 1. The summed E-state index contributed by atoms with van der Waals surface area (Å²) < 4.78 is 6.87. The number of aromatic nitrogens is 4. The molecule has 3 aromatic rings. The summed E-state index contributed by atoms with van der Waals surface area (Å²) in [6.07, 6.45) is 0.845. The highest BCUT2D eigenvalue weighted by Crippen LogP contribution is 2.32. The second-order valence-electron chi connectivity index (χ2n) is 7.19. The van der Waals surface area contributed by atoms with Gasteiger partial charge in [0.15, 0.2) is 5.82 Å². The van der Waals surface area contributed by atoms with Crippen molar-refractivity contribution >= 4 is 22.7 Å². The van der Waals surface area contributed by atoms with Crippen LogP contribution < -0.4 is 10.1 Å². The van der Waals surface area contributed by atoms with Crippen LogP contribution in [-0.4, -0.2) is 44.2 Å². The van der Waals surface area contributed by atoms with Gasteiger partial charge in [-0.05, 0) is 58.3 Å². The summed E-state index contributed by atoms with van der Waals surface area (Å²) in [7, 11) is 1.62. The van der Waals surface area contributed by atoms with Gasteiger partial charge in [-0.15, -0.1) is 5.10 Å². The Morgan fingerprint density at radius 3 is 2.66 bits per heavy atom. The minimum atomic E-state index is -1.16. The first-order valence-electron chi connectivity index (χ1n) is 9.43. The van der Waals surface area contributed by atoms with E-state index in [2.05, 4.69) is 20.8 Å². The molecule has 0 bridgehead atoms. The number of aryl methyl sites for hydroxylation is 1. The van der Waals surface area contributed by atoms with Crippen LogP contribution in [0.3, 0.4) is 0 Å². The number of benzene rings is 2. The quantitative estimate of drug-likeness (QED) is 0.643. The van der Waals surface area contributed by atoms with Crippen LogP contribution in [0.5, 0.6) is 5.75 Å². The van der Waals surface area contributed by atoms with E-state index in [1.807, 2.05) is 43.3 Å². The summed E-state index contributed by atoms with van der Waals surface area (Å²) in [5, 5.41) is 16.3. The van der Waals surface area contributed by atoms with Crippen LogP contribution >= 0.6 is 0 Å². The molecule has 1 aliphatic heterocycles. The van der Waals surface area contributed by atoms with Crippen LogP contribution in [0.1, 0.15) is 31.7 Å². The van der Waals surface area contributed by atoms with E-state index in [0.717, 1.165) is 27.8 Å². The molecule has 1 aliphatic rings. The number of carbonyl (C=O) groups is 2. The van der Waals surface area contributed by atoms with Crippen molar-refractivity contribution in [2.24, 2.45) is 0 Å². The third-order valence-electron chi connectivity index (χ3n) is 5.24. The van der Waals surface area contributed by atoms with Gasteiger partial charge in [-0.1, -0.05) is 25.1 Å². The highest BCUT2D eigenvalue weighted by atomic mass is 16.5. The standard InChI is InChI=1S/C20H22N6O3/c1-4-9-26-17(22-23-24-26)12-25-18(27)20(2,21-19(25)28)15-7-5-14-11-16(29-3)8-6-13(14)10-15/h5-8,10-11H,4,9,12H2,1-3H3,(H,21,28)/t20-/m1/s1. The van der Waals surface area contributed by atoms with E-state index >= 15 is 0 Å². The average Bonchev–Trinajstić information content (AvgIpc) is 3.25. The Kier molecular flexibility index (Phi) is 4.65. The number of carbonyl (C=O) groups excluding carboxylic acids is 2. The van der Waals surface area contributed by atoms with Crippen molar-refractivity contribution in [3.63, 3.8) is 0 Å². The zero-order chi connectivity index (χ0) is 20.6. The van der Waals surface area contributed by atoms with Gasteiger partial charge in [0.05, 0.1) is 13.7 Å². The molecule has 9 nitrogen and oxygen atoms in total. The number of hydrogen-bond donors (Lipinski definition) is 1. The molecule has 0 radical (unpaired) electrons. The summed E-state index contributed by atoms with van der Waals surface area (Å²) in [4.78, 5) is 27.0. The second-order valence-corrected chi connectivity index (χ2v) is 7.19. The molecule has 0 spiro atoms. The Balaban J connectivity index is 1.64. The number of amides is 3. The van der Waals surface area contributed by atoms with Gasteiger partial charge in [0.1, 0.15) is 11.3 Å². The Hall–Kier alpha value is -3.49. The molecule has 1 saturated heterocycles. The van der Waals surface area contributed by atoms with Crippen molar-refractivity contribution in [3.05, 3.63) is 47.8 Å². The lowest BCUT2D eigenvalue weighted by molar-refractivity contribution is -0.131. The van der Waals surface area contributed by atoms with E-state index in [1.165, 1.54) is 0 Å². The fourth-order valence-corrected chi connectivity index (χ4v) is 3.56. The number of hydrogen-bond acceptors (Lipinski definition) is 6. The lowest BCUT2D eigenvalue weighted by Gasteiger charge is -2.22. The van der Waals surface area contributed by atoms with Crippen molar-refractivity contribution in [1.29, 1.82) is 0 Å². The maximum atomic E-state index is 13.2. The van der Waals surface area contributed by atoms with Crippen molar-refractivity contribution in [2.75, 3.05) is 7.11 Å². The highest BCUT2D eigenvalue weighted by Gasteiger charge is 2.49. The molecule has 0 aliphatic carbocycles. The van der Waals surface area contributed by atoms with E-state index in [9.17, 15) is 9.59 Å². The summed E-state index contributed by atoms with van der Waals surface area (Å²) in [5.74, 6) is 0.907. The van der Waals surface area contributed by atoms with Crippen molar-refractivity contribution in [2.45, 2.75) is 38.9 Å². The van der Waals surface area contributed by atoms with Crippen LogP contribution in [0.25, 0.3) is 10.8 Å². The van der Waals surface area contributed by atoms with E-state index < -0.39 is 11.6 Å². The first-order valence-corrected chi connectivity index (χ1v) is 9.43. The van der Waals surface area contributed by atoms with Crippen LogP contribution in [0, 0.1) is 0 Å². The Morgan fingerprint density at radius 1 is 1.14 bits per heavy atom. The second kappa shape index (κ2) is 7.16. The first kappa shape index (κ1) is 18.9. The molecule has 1 N–H and O–H groups in total. The topological polar surface area (TPSA) is 102 Å². The molecule has 1 atom stereocenters. The zero-order valence-electron chi connectivity index (χ0n) is 16.5. The van der Waals surface area contributed by atoms with Crippen LogP contribution in [0.4, 0.5) is 4.79 Å². The van der Waals surface area contributed by atoms with Crippen molar-refractivity contribution < 1.29 is 14.3 Å². The SMILES string of the molecule is CCCn1nnnc1CN1C(=O)N[C@](C)(c2ccc3cc(OC)ccc3c2)C1=O. The van der Waals surface area contributed by atoms with Gasteiger partial charge in [-0.3, -0.25) is 9.69 Å². The predicted octanol–water partition coefficient (Wildman–Crippen LogP) is 2.21. The monoisotopic (exact) mass is 394 g/mol. The van der Waals surface area contributed by atoms with Gasteiger partial charge >= 0.3 is 6.03 Å². The van der Waals surface area contributed by atoms with Crippen LogP contribution in [0.15, 0.2) is 36.4 Å².